The summed E-state index contributed by atoms with van der Waals surface area (Å²) in [5.41, 5.74) is 1.45. The van der Waals surface area contributed by atoms with Crippen LogP contribution in [0.15, 0.2) is 48.5 Å². The fraction of sp³-hybridized carbons (Fsp3) is 0.400. The van der Waals surface area contributed by atoms with Gasteiger partial charge in [-0.3, -0.25) is 9.59 Å². The molecule has 0 bridgehead atoms. The molecule has 2 amide bonds. The maximum absolute atomic E-state index is 13.3. The number of ether oxygens (including phenoxy) is 2. The van der Waals surface area contributed by atoms with Crippen molar-refractivity contribution in [3.05, 3.63) is 59.7 Å². The second-order valence-corrected chi connectivity index (χ2v) is 8.33. The average molecular weight is 451 g/mol. The number of carbonyl (C=O) groups is 2. The van der Waals surface area contributed by atoms with Gasteiger partial charge in [-0.05, 0) is 42.5 Å². The van der Waals surface area contributed by atoms with E-state index >= 15 is 0 Å². The van der Waals surface area contributed by atoms with E-state index in [1.165, 1.54) is 10.0 Å². The number of hydrazine groups is 1. The van der Waals surface area contributed by atoms with Crippen molar-refractivity contribution < 1.29 is 19.1 Å². The molecule has 2 aromatic rings. The zero-order chi connectivity index (χ0) is 23.8. The molecule has 1 N–H and O–H groups in total. The number of nitrogens with one attached hydrogen (secondary N) is 1. The number of hydrogen-bond acceptors (Lipinski definition) is 6. The van der Waals surface area contributed by atoms with Crippen LogP contribution in [0.25, 0.3) is 0 Å². The van der Waals surface area contributed by atoms with Crippen LogP contribution in [0.2, 0.25) is 0 Å². The number of fused-ring (bicyclic) bond motifs is 1. The Bertz CT molecular complexity index is 1000. The summed E-state index contributed by atoms with van der Waals surface area (Å²) in [5, 5.41) is 15.1. The molecule has 0 aliphatic carbocycles. The Hall–Kier alpha value is -3.73. The minimum absolute atomic E-state index is 0.160. The second-order valence-electron chi connectivity index (χ2n) is 8.33. The van der Waals surface area contributed by atoms with Gasteiger partial charge in [0.2, 0.25) is 0 Å². The topological polar surface area (TPSA) is 94.9 Å². The Kier molecular flexibility index (Phi) is 8.14. The molecule has 0 saturated heterocycles. The van der Waals surface area contributed by atoms with E-state index in [4.69, 9.17) is 9.47 Å². The zero-order valence-corrected chi connectivity index (χ0v) is 19.3. The van der Waals surface area contributed by atoms with Crippen molar-refractivity contribution >= 4 is 11.8 Å². The summed E-state index contributed by atoms with van der Waals surface area (Å²) in [4.78, 5) is 26.2. The van der Waals surface area contributed by atoms with Gasteiger partial charge >= 0.3 is 0 Å². The van der Waals surface area contributed by atoms with Crippen molar-refractivity contribution in [2.75, 3.05) is 26.8 Å². The summed E-state index contributed by atoms with van der Waals surface area (Å²) in [5.74, 6) is 0.536. The number of benzene rings is 2. The largest absolute Gasteiger partial charge is 0.486 e. The first-order valence-electron chi connectivity index (χ1n) is 11.1. The standard InChI is InChI=1S/C25H30N4O4/c1-18(2)15-21(27-24(30)20-9-10-22-23(16-20)33-14-13-32-22)25(31)28(3)29(17-26)12-11-19-7-5-4-6-8-19/h4-10,16,18,21H,11-15H2,1-3H3,(H,27,30)/t21-/m0/s1. The van der Waals surface area contributed by atoms with Crippen LogP contribution in [0.4, 0.5) is 0 Å². The van der Waals surface area contributed by atoms with E-state index in [1.54, 1.807) is 25.2 Å². The molecule has 0 radical (unpaired) electrons. The fourth-order valence-electron chi connectivity index (χ4n) is 3.61. The summed E-state index contributed by atoms with van der Waals surface area (Å²) >= 11 is 0. The molecule has 1 aliphatic heterocycles. The van der Waals surface area contributed by atoms with Crippen molar-refractivity contribution in [3.8, 4) is 17.7 Å². The Morgan fingerprint density at radius 1 is 1.09 bits per heavy atom. The number of hydrogen-bond donors (Lipinski definition) is 1. The highest BCUT2D eigenvalue weighted by atomic mass is 16.6. The molecule has 0 fully saturated rings. The first-order valence-corrected chi connectivity index (χ1v) is 11.1. The normalized spacial score (nSPS) is 13.1. The zero-order valence-electron chi connectivity index (χ0n) is 19.3. The molecule has 2 aromatic carbocycles. The van der Waals surface area contributed by atoms with E-state index in [9.17, 15) is 14.9 Å². The lowest BCUT2D eigenvalue weighted by atomic mass is 10.0. The van der Waals surface area contributed by atoms with E-state index in [0.29, 0.717) is 49.7 Å². The van der Waals surface area contributed by atoms with Crippen LogP contribution in [0.3, 0.4) is 0 Å². The molecule has 8 nitrogen and oxygen atoms in total. The van der Waals surface area contributed by atoms with Crippen molar-refractivity contribution in [1.82, 2.24) is 15.3 Å². The Balaban J connectivity index is 1.69. The van der Waals surface area contributed by atoms with Gasteiger partial charge in [0.05, 0.1) is 6.54 Å². The van der Waals surface area contributed by atoms with Crippen molar-refractivity contribution in [3.63, 3.8) is 0 Å². The van der Waals surface area contributed by atoms with Gasteiger partial charge < -0.3 is 14.8 Å². The minimum Gasteiger partial charge on any atom is -0.486 e. The summed E-state index contributed by atoms with van der Waals surface area (Å²) < 4.78 is 11.1. The van der Waals surface area contributed by atoms with E-state index in [0.717, 1.165) is 5.56 Å². The van der Waals surface area contributed by atoms with Crippen LogP contribution >= 0.6 is 0 Å². The predicted molar refractivity (Wildman–Crippen MR) is 123 cm³/mol. The third kappa shape index (κ3) is 6.39. The van der Waals surface area contributed by atoms with Crippen LogP contribution in [0.5, 0.6) is 11.5 Å². The average Bonchev–Trinajstić information content (AvgIpc) is 2.83. The Morgan fingerprint density at radius 3 is 2.45 bits per heavy atom. The number of nitriles is 1. The molecule has 174 valence electrons. The Morgan fingerprint density at radius 2 is 1.79 bits per heavy atom. The van der Waals surface area contributed by atoms with Crippen LogP contribution < -0.4 is 14.8 Å². The monoisotopic (exact) mass is 450 g/mol. The first-order chi connectivity index (χ1) is 15.9. The lowest BCUT2D eigenvalue weighted by Gasteiger charge is -2.31. The molecule has 3 rings (SSSR count). The van der Waals surface area contributed by atoms with E-state index in [1.807, 2.05) is 44.2 Å². The third-order valence-electron chi connectivity index (χ3n) is 5.37. The van der Waals surface area contributed by atoms with Gasteiger partial charge in [0, 0.05) is 12.6 Å². The molecule has 1 heterocycles. The van der Waals surface area contributed by atoms with Gasteiger partial charge in [-0.25, -0.2) is 10.0 Å². The van der Waals surface area contributed by atoms with Crippen molar-refractivity contribution in [1.29, 1.82) is 5.26 Å². The predicted octanol–water partition coefficient (Wildman–Crippen LogP) is 3.00. The lowest BCUT2D eigenvalue weighted by molar-refractivity contribution is -0.143. The number of likely N-dealkylation sites (N-methyl/N-ethyl adjacent to an activating group) is 1. The fourth-order valence-corrected chi connectivity index (χ4v) is 3.61. The highest BCUT2D eigenvalue weighted by molar-refractivity contribution is 5.98. The van der Waals surface area contributed by atoms with Crippen molar-refractivity contribution in [2.24, 2.45) is 5.92 Å². The molecule has 0 saturated carbocycles. The molecule has 1 aliphatic rings. The molecule has 1 atom stereocenters. The summed E-state index contributed by atoms with van der Waals surface area (Å²) in [6, 6.07) is 13.9. The van der Waals surface area contributed by atoms with Gasteiger partial charge in [-0.2, -0.15) is 5.26 Å². The molecule has 8 heteroatoms. The number of nitrogens with zero attached hydrogens (tertiary/aromatic N) is 3. The van der Waals surface area contributed by atoms with Crippen LogP contribution in [-0.2, 0) is 11.2 Å². The molecule has 0 unspecified atom stereocenters. The van der Waals surface area contributed by atoms with Gasteiger partial charge in [0.25, 0.3) is 11.8 Å². The SMILES string of the molecule is CC(C)C[C@H](NC(=O)c1ccc2c(c1)OCCO2)C(=O)N(C)N(C#N)CCc1ccccc1. The molecule has 33 heavy (non-hydrogen) atoms. The van der Waals surface area contributed by atoms with Crippen molar-refractivity contribution in [2.45, 2.75) is 32.7 Å². The summed E-state index contributed by atoms with van der Waals surface area (Å²) in [6.45, 7) is 5.20. The van der Waals surface area contributed by atoms with E-state index < -0.39 is 6.04 Å². The molecular weight excluding hydrogens is 420 g/mol. The summed E-state index contributed by atoms with van der Waals surface area (Å²) in [6.07, 6.45) is 3.13. The Labute approximate surface area is 194 Å². The van der Waals surface area contributed by atoms with Crippen LogP contribution in [-0.4, -0.2) is 54.7 Å². The lowest BCUT2D eigenvalue weighted by Crippen LogP contribution is -2.52. The molecule has 0 spiro atoms. The van der Waals surface area contributed by atoms with E-state index in [2.05, 4.69) is 11.5 Å². The minimum atomic E-state index is -0.775. The smallest absolute Gasteiger partial charge is 0.263 e. The maximum Gasteiger partial charge on any atom is 0.263 e. The maximum atomic E-state index is 13.3. The number of rotatable bonds is 9. The first kappa shape index (κ1) is 23.9. The van der Waals surface area contributed by atoms with Gasteiger partial charge in [0.15, 0.2) is 17.7 Å². The molecular formula is C25H30N4O4. The highest BCUT2D eigenvalue weighted by Crippen LogP contribution is 2.30. The summed E-state index contributed by atoms with van der Waals surface area (Å²) in [7, 11) is 1.56. The molecule has 0 aromatic heterocycles. The quantitative estimate of drug-likeness (QED) is 0.359. The van der Waals surface area contributed by atoms with Gasteiger partial charge in [0.1, 0.15) is 19.3 Å². The van der Waals surface area contributed by atoms with Gasteiger partial charge in [-0.1, -0.05) is 44.2 Å². The third-order valence-corrected chi connectivity index (χ3v) is 5.37. The van der Waals surface area contributed by atoms with Crippen LogP contribution in [0.1, 0.15) is 36.2 Å². The number of amides is 2. The van der Waals surface area contributed by atoms with E-state index in [-0.39, 0.29) is 17.7 Å². The van der Waals surface area contributed by atoms with Gasteiger partial charge in [-0.15, -0.1) is 0 Å². The highest BCUT2D eigenvalue weighted by Gasteiger charge is 2.28. The number of carbonyl (C=O) groups excluding carboxylic acids is 2. The van der Waals surface area contributed by atoms with Crippen LogP contribution in [0, 0.1) is 17.4 Å². The second kappa shape index (κ2) is 11.2.